The zero-order valence-corrected chi connectivity index (χ0v) is 16.2. The van der Waals surface area contributed by atoms with Crippen LogP contribution in [0.4, 0.5) is 0 Å². The molecule has 27 heavy (non-hydrogen) atoms. The van der Waals surface area contributed by atoms with E-state index in [9.17, 15) is 13.5 Å². The van der Waals surface area contributed by atoms with Crippen LogP contribution in [-0.2, 0) is 9.84 Å². The Morgan fingerprint density at radius 3 is 2.48 bits per heavy atom. The lowest BCUT2D eigenvalue weighted by atomic mass is 10.3. The predicted molar refractivity (Wildman–Crippen MR) is 102 cm³/mol. The standard InChI is InChI=1S/C19H25NO6S/c1-24-19-12-17(27(2,22)23)8-9-18(19)25-11-10-20-13-15(21)14-26-16-6-4-3-5-7-16/h3-9,12,15,20-21H,10-11,13-14H2,1-2H3. The van der Waals surface area contributed by atoms with Crippen LogP contribution in [0.5, 0.6) is 17.2 Å². The minimum Gasteiger partial charge on any atom is -0.493 e. The van der Waals surface area contributed by atoms with Crippen LogP contribution in [-0.4, -0.2) is 59.3 Å². The summed E-state index contributed by atoms with van der Waals surface area (Å²) in [6.07, 6.45) is 0.493. The van der Waals surface area contributed by atoms with E-state index >= 15 is 0 Å². The van der Waals surface area contributed by atoms with Crippen molar-refractivity contribution in [2.24, 2.45) is 0 Å². The Kier molecular flexibility index (Phi) is 7.90. The first-order chi connectivity index (χ1) is 12.9. The molecule has 1 unspecified atom stereocenters. The van der Waals surface area contributed by atoms with E-state index in [-0.39, 0.29) is 11.5 Å². The number of hydrogen-bond acceptors (Lipinski definition) is 7. The van der Waals surface area contributed by atoms with E-state index in [1.54, 1.807) is 6.07 Å². The third kappa shape index (κ3) is 7.09. The molecule has 0 amide bonds. The Morgan fingerprint density at radius 2 is 1.81 bits per heavy atom. The number of aliphatic hydroxyl groups is 1. The summed E-state index contributed by atoms with van der Waals surface area (Å²) in [5.41, 5.74) is 0. The second-order valence-electron chi connectivity index (χ2n) is 5.92. The molecular formula is C19H25NO6S. The minimum atomic E-state index is -3.30. The molecular weight excluding hydrogens is 370 g/mol. The number of aliphatic hydroxyl groups excluding tert-OH is 1. The van der Waals surface area contributed by atoms with Gasteiger partial charge in [0.1, 0.15) is 25.1 Å². The van der Waals surface area contributed by atoms with Gasteiger partial charge in [-0.05, 0) is 24.3 Å². The molecule has 0 aliphatic rings. The monoisotopic (exact) mass is 395 g/mol. The topological polar surface area (TPSA) is 94.1 Å². The second-order valence-corrected chi connectivity index (χ2v) is 7.93. The summed E-state index contributed by atoms with van der Waals surface area (Å²) < 4.78 is 39.4. The van der Waals surface area contributed by atoms with Gasteiger partial charge in [0.2, 0.25) is 0 Å². The highest BCUT2D eigenvalue weighted by Gasteiger charge is 2.12. The fourth-order valence-corrected chi connectivity index (χ4v) is 2.90. The van der Waals surface area contributed by atoms with Crippen LogP contribution in [0.15, 0.2) is 53.4 Å². The molecule has 148 valence electrons. The van der Waals surface area contributed by atoms with E-state index in [4.69, 9.17) is 14.2 Å². The highest BCUT2D eigenvalue weighted by molar-refractivity contribution is 7.90. The molecule has 0 heterocycles. The Morgan fingerprint density at radius 1 is 1.07 bits per heavy atom. The van der Waals surface area contributed by atoms with Crippen LogP contribution in [0, 0.1) is 0 Å². The van der Waals surface area contributed by atoms with Crippen LogP contribution < -0.4 is 19.5 Å². The largest absolute Gasteiger partial charge is 0.493 e. The molecule has 0 saturated heterocycles. The number of para-hydroxylation sites is 1. The van der Waals surface area contributed by atoms with E-state index in [2.05, 4.69) is 5.32 Å². The van der Waals surface area contributed by atoms with Gasteiger partial charge in [-0.2, -0.15) is 0 Å². The molecule has 0 aliphatic heterocycles. The Bertz CT molecular complexity index is 810. The first-order valence-corrected chi connectivity index (χ1v) is 10.4. The van der Waals surface area contributed by atoms with Gasteiger partial charge >= 0.3 is 0 Å². The van der Waals surface area contributed by atoms with Crippen LogP contribution in [0.3, 0.4) is 0 Å². The van der Waals surface area contributed by atoms with Gasteiger partial charge in [0.15, 0.2) is 21.3 Å². The third-order valence-corrected chi connectivity index (χ3v) is 4.78. The van der Waals surface area contributed by atoms with Crippen LogP contribution in [0.25, 0.3) is 0 Å². The Hall–Kier alpha value is -2.29. The lowest BCUT2D eigenvalue weighted by Crippen LogP contribution is -2.33. The van der Waals surface area contributed by atoms with Crippen molar-refractivity contribution in [2.75, 3.05) is 39.7 Å². The van der Waals surface area contributed by atoms with Gasteiger partial charge in [-0.25, -0.2) is 8.42 Å². The zero-order valence-electron chi connectivity index (χ0n) is 15.4. The van der Waals surface area contributed by atoms with Crippen molar-refractivity contribution in [1.29, 1.82) is 0 Å². The molecule has 1 atom stereocenters. The SMILES string of the molecule is COc1cc(S(C)(=O)=O)ccc1OCCNCC(O)COc1ccccc1. The van der Waals surface area contributed by atoms with Crippen molar-refractivity contribution in [3.63, 3.8) is 0 Å². The molecule has 7 nitrogen and oxygen atoms in total. The maximum absolute atomic E-state index is 11.6. The normalized spacial score (nSPS) is 12.4. The number of hydrogen-bond donors (Lipinski definition) is 2. The van der Waals surface area contributed by atoms with Gasteiger partial charge < -0.3 is 24.6 Å². The highest BCUT2D eigenvalue weighted by Crippen LogP contribution is 2.29. The maximum Gasteiger partial charge on any atom is 0.175 e. The molecule has 0 bridgehead atoms. The van der Waals surface area contributed by atoms with E-state index in [1.165, 1.54) is 19.2 Å². The first-order valence-electron chi connectivity index (χ1n) is 8.47. The lowest BCUT2D eigenvalue weighted by molar-refractivity contribution is 0.105. The summed E-state index contributed by atoms with van der Waals surface area (Å²) in [7, 11) is -1.85. The van der Waals surface area contributed by atoms with Crippen molar-refractivity contribution < 1.29 is 27.7 Å². The Balaban J connectivity index is 1.70. The smallest absolute Gasteiger partial charge is 0.175 e. The summed E-state index contributed by atoms with van der Waals surface area (Å²) in [5, 5.41) is 13.0. The number of nitrogens with one attached hydrogen (secondary N) is 1. The van der Waals surface area contributed by atoms with E-state index in [0.29, 0.717) is 36.9 Å². The van der Waals surface area contributed by atoms with Crippen LogP contribution in [0.2, 0.25) is 0 Å². The molecule has 0 fully saturated rings. The molecule has 0 saturated carbocycles. The average Bonchev–Trinajstić information content (AvgIpc) is 2.66. The van der Waals surface area contributed by atoms with Gasteiger partial charge in [-0.3, -0.25) is 0 Å². The number of sulfone groups is 1. The fourth-order valence-electron chi connectivity index (χ4n) is 2.27. The van der Waals surface area contributed by atoms with Crippen molar-refractivity contribution >= 4 is 9.84 Å². The summed E-state index contributed by atoms with van der Waals surface area (Å²) >= 11 is 0. The lowest BCUT2D eigenvalue weighted by Gasteiger charge is -2.14. The average molecular weight is 395 g/mol. The van der Waals surface area contributed by atoms with E-state index in [0.717, 1.165) is 6.26 Å². The molecule has 0 aromatic heterocycles. The quantitative estimate of drug-likeness (QED) is 0.557. The Labute approximate surface area is 159 Å². The molecule has 2 rings (SSSR count). The molecule has 8 heteroatoms. The summed E-state index contributed by atoms with van der Waals surface area (Å²) in [6, 6.07) is 13.8. The van der Waals surface area contributed by atoms with Gasteiger partial charge in [0, 0.05) is 25.4 Å². The molecule has 2 aromatic carbocycles. The molecule has 0 spiro atoms. The number of rotatable bonds is 11. The third-order valence-electron chi connectivity index (χ3n) is 3.67. The number of benzene rings is 2. The zero-order chi connectivity index (χ0) is 19.7. The van der Waals surface area contributed by atoms with Crippen LogP contribution in [0.1, 0.15) is 0 Å². The summed E-state index contributed by atoms with van der Waals surface area (Å²) in [6.45, 7) is 1.39. The molecule has 2 aromatic rings. The molecule has 0 aliphatic carbocycles. The van der Waals surface area contributed by atoms with Gasteiger partial charge in [-0.15, -0.1) is 0 Å². The first kappa shape index (κ1) is 21.0. The second kappa shape index (κ2) is 10.1. The number of methoxy groups -OCH3 is 1. The van der Waals surface area contributed by atoms with Gasteiger partial charge in [0.25, 0.3) is 0 Å². The van der Waals surface area contributed by atoms with Crippen molar-refractivity contribution in [3.8, 4) is 17.2 Å². The van der Waals surface area contributed by atoms with Crippen molar-refractivity contribution in [3.05, 3.63) is 48.5 Å². The van der Waals surface area contributed by atoms with Crippen molar-refractivity contribution in [2.45, 2.75) is 11.0 Å². The molecule has 0 radical (unpaired) electrons. The predicted octanol–water partition coefficient (Wildman–Crippen LogP) is 1.51. The highest BCUT2D eigenvalue weighted by atomic mass is 32.2. The van der Waals surface area contributed by atoms with Crippen LogP contribution >= 0.6 is 0 Å². The molecule has 2 N–H and O–H groups in total. The minimum absolute atomic E-state index is 0.173. The fraction of sp³-hybridized carbons (Fsp3) is 0.368. The van der Waals surface area contributed by atoms with E-state index in [1.807, 2.05) is 30.3 Å². The summed E-state index contributed by atoms with van der Waals surface area (Å²) in [4.78, 5) is 0.173. The van der Waals surface area contributed by atoms with Gasteiger partial charge in [0.05, 0.1) is 12.0 Å². The van der Waals surface area contributed by atoms with Crippen molar-refractivity contribution in [1.82, 2.24) is 5.32 Å². The maximum atomic E-state index is 11.6. The number of ether oxygens (including phenoxy) is 3. The summed E-state index contributed by atoms with van der Waals surface area (Å²) in [5.74, 6) is 1.53. The van der Waals surface area contributed by atoms with E-state index < -0.39 is 15.9 Å². The van der Waals surface area contributed by atoms with Gasteiger partial charge in [-0.1, -0.05) is 18.2 Å².